The third-order valence-corrected chi connectivity index (χ3v) is 7.22. The molecule has 1 aliphatic carbocycles. The Balaban J connectivity index is 1.61. The zero-order chi connectivity index (χ0) is 23.7. The van der Waals surface area contributed by atoms with Crippen LogP contribution >= 0.6 is 11.8 Å². The summed E-state index contributed by atoms with van der Waals surface area (Å²) in [4.78, 5) is 26.4. The van der Waals surface area contributed by atoms with Crippen LogP contribution in [0.1, 0.15) is 49.8 Å². The fourth-order valence-corrected chi connectivity index (χ4v) is 5.10. The second-order valence-electron chi connectivity index (χ2n) is 8.63. The molecule has 7 nitrogen and oxygen atoms in total. The van der Waals surface area contributed by atoms with Gasteiger partial charge in [-0.25, -0.2) is 4.39 Å². The molecule has 9 heteroatoms. The van der Waals surface area contributed by atoms with Crippen LogP contribution in [0, 0.1) is 5.82 Å². The summed E-state index contributed by atoms with van der Waals surface area (Å²) in [7, 11) is 0. The number of hydrogen-bond acceptors (Lipinski definition) is 5. The van der Waals surface area contributed by atoms with E-state index < -0.39 is 5.25 Å². The summed E-state index contributed by atoms with van der Waals surface area (Å²) in [5.74, 6) is -0.0377. The number of hydrogen-bond donors (Lipinski definition) is 1. The number of aryl methyl sites for hydroxylation is 1. The van der Waals surface area contributed by atoms with Gasteiger partial charge in [0.25, 0.3) is 5.56 Å². The zero-order valence-electron chi connectivity index (χ0n) is 18.9. The molecule has 1 N–H and O–H groups in total. The molecule has 1 aliphatic rings. The molecule has 0 bridgehead atoms. The van der Waals surface area contributed by atoms with E-state index in [4.69, 9.17) is 0 Å². The summed E-state index contributed by atoms with van der Waals surface area (Å²) in [6.45, 7) is 2.67. The quantitative estimate of drug-likeness (QED) is 0.283. The number of unbranched alkanes of at least 4 members (excludes halogenated alkanes) is 2. The van der Waals surface area contributed by atoms with Crippen molar-refractivity contribution in [1.82, 2.24) is 24.5 Å². The summed E-state index contributed by atoms with van der Waals surface area (Å²) >= 11 is 1.26. The maximum Gasteiger partial charge on any atom is 0.262 e. The zero-order valence-corrected chi connectivity index (χ0v) is 19.7. The van der Waals surface area contributed by atoms with Gasteiger partial charge in [-0.2, -0.15) is 0 Å². The molecular weight excluding hydrogens is 453 g/mol. The lowest BCUT2D eigenvalue weighted by atomic mass is 10.1. The lowest BCUT2D eigenvalue weighted by molar-refractivity contribution is -0.120. The third-order valence-electron chi connectivity index (χ3n) is 6.02. The van der Waals surface area contributed by atoms with Crippen molar-refractivity contribution in [3.05, 3.63) is 70.3 Å². The molecule has 1 amide bonds. The predicted molar refractivity (Wildman–Crippen MR) is 130 cm³/mol. The molecule has 2 heterocycles. The SMILES string of the molecule is CCCCCn1c(=O)c2ccccc2n2c(SC(C(=O)NC3CC3)c3ccc(F)cc3)nnc12. The molecule has 0 spiro atoms. The highest BCUT2D eigenvalue weighted by atomic mass is 32.2. The van der Waals surface area contributed by atoms with Crippen LogP contribution in [-0.2, 0) is 11.3 Å². The van der Waals surface area contributed by atoms with Crippen LogP contribution in [0.2, 0.25) is 0 Å². The lowest BCUT2D eigenvalue weighted by Gasteiger charge is -2.17. The minimum Gasteiger partial charge on any atom is -0.352 e. The maximum atomic E-state index is 13.6. The maximum absolute atomic E-state index is 13.6. The number of thioether (sulfide) groups is 1. The van der Waals surface area contributed by atoms with Crippen LogP contribution in [0.4, 0.5) is 4.39 Å². The van der Waals surface area contributed by atoms with Gasteiger partial charge in [-0.15, -0.1) is 10.2 Å². The molecule has 1 saturated carbocycles. The van der Waals surface area contributed by atoms with E-state index in [1.54, 1.807) is 22.8 Å². The van der Waals surface area contributed by atoms with E-state index >= 15 is 0 Å². The lowest BCUT2D eigenvalue weighted by Crippen LogP contribution is -2.30. The highest BCUT2D eigenvalue weighted by Gasteiger charge is 2.31. The standard InChI is InChI=1S/C25H26FN5O2S/c1-2-3-6-15-30-23(33)19-7-4-5-8-20(19)31-24(30)28-29-25(31)34-21(22(32)27-18-13-14-18)16-9-11-17(26)12-10-16/h4-5,7-12,18,21H,2-3,6,13-15H2,1H3,(H,27,32). The highest BCUT2D eigenvalue weighted by Crippen LogP contribution is 2.36. The Morgan fingerprint density at radius 2 is 1.91 bits per heavy atom. The van der Waals surface area contributed by atoms with Gasteiger partial charge >= 0.3 is 0 Å². The third kappa shape index (κ3) is 4.44. The van der Waals surface area contributed by atoms with Gasteiger partial charge in [-0.3, -0.25) is 18.6 Å². The number of halogens is 1. The minimum absolute atomic E-state index is 0.0929. The van der Waals surface area contributed by atoms with Crippen molar-refractivity contribution < 1.29 is 9.18 Å². The topological polar surface area (TPSA) is 81.3 Å². The van der Waals surface area contributed by atoms with Crippen molar-refractivity contribution in [2.24, 2.45) is 0 Å². The van der Waals surface area contributed by atoms with E-state index in [-0.39, 0.29) is 23.3 Å². The number of nitrogens with one attached hydrogen (secondary N) is 1. The molecule has 4 aromatic rings. The van der Waals surface area contributed by atoms with Crippen molar-refractivity contribution in [2.75, 3.05) is 0 Å². The van der Waals surface area contributed by atoms with Gasteiger partial charge in [0.05, 0.1) is 10.9 Å². The van der Waals surface area contributed by atoms with Crippen molar-refractivity contribution >= 4 is 34.3 Å². The van der Waals surface area contributed by atoms with Crippen LogP contribution in [-0.4, -0.2) is 31.1 Å². The summed E-state index contributed by atoms with van der Waals surface area (Å²) in [5, 5.41) is 12.3. The van der Waals surface area contributed by atoms with E-state index in [1.807, 2.05) is 22.6 Å². The highest BCUT2D eigenvalue weighted by molar-refractivity contribution is 8.00. The molecule has 2 aromatic heterocycles. The van der Waals surface area contributed by atoms with Gasteiger partial charge in [0.1, 0.15) is 11.1 Å². The van der Waals surface area contributed by atoms with Gasteiger partial charge in [0, 0.05) is 12.6 Å². The Morgan fingerprint density at radius 1 is 1.15 bits per heavy atom. The first kappa shape index (κ1) is 22.6. The largest absolute Gasteiger partial charge is 0.352 e. The van der Waals surface area contributed by atoms with Gasteiger partial charge in [-0.1, -0.05) is 55.8 Å². The van der Waals surface area contributed by atoms with Crippen LogP contribution in [0.5, 0.6) is 0 Å². The Kier molecular flexibility index (Phi) is 6.36. The first-order valence-electron chi connectivity index (χ1n) is 11.7. The number of carbonyl (C=O) groups excluding carboxylic acids is 1. The first-order valence-corrected chi connectivity index (χ1v) is 12.5. The second kappa shape index (κ2) is 9.58. The van der Waals surface area contributed by atoms with Crippen molar-refractivity contribution in [3.63, 3.8) is 0 Å². The van der Waals surface area contributed by atoms with E-state index in [1.165, 1.54) is 23.9 Å². The van der Waals surface area contributed by atoms with Gasteiger partial charge in [0.15, 0.2) is 5.16 Å². The van der Waals surface area contributed by atoms with Crippen molar-refractivity contribution in [2.45, 2.75) is 62.0 Å². The number of amides is 1. The molecule has 0 aliphatic heterocycles. The average molecular weight is 480 g/mol. The number of carbonyl (C=O) groups is 1. The number of nitrogens with zero attached hydrogens (tertiary/aromatic N) is 4. The normalized spacial score (nSPS) is 14.5. The number of aromatic nitrogens is 4. The molecule has 5 rings (SSSR count). The summed E-state index contributed by atoms with van der Waals surface area (Å²) < 4.78 is 17.1. The molecule has 34 heavy (non-hydrogen) atoms. The van der Waals surface area contributed by atoms with Crippen LogP contribution in [0.15, 0.2) is 58.5 Å². The van der Waals surface area contributed by atoms with Gasteiger partial charge in [-0.05, 0) is 49.1 Å². The van der Waals surface area contributed by atoms with E-state index in [0.29, 0.717) is 33.9 Å². The Bertz CT molecular complexity index is 1390. The number of rotatable bonds is 9. The van der Waals surface area contributed by atoms with Crippen LogP contribution in [0.3, 0.4) is 0 Å². The molecular formula is C25H26FN5O2S. The number of benzene rings is 2. The summed E-state index contributed by atoms with van der Waals surface area (Å²) in [6, 6.07) is 13.5. The first-order chi connectivity index (χ1) is 16.6. The minimum atomic E-state index is -0.632. The van der Waals surface area contributed by atoms with Crippen LogP contribution < -0.4 is 10.9 Å². The Hall–Kier alpha value is -3.20. The van der Waals surface area contributed by atoms with Gasteiger partial charge in [0.2, 0.25) is 11.7 Å². The smallest absolute Gasteiger partial charge is 0.262 e. The molecule has 0 radical (unpaired) electrons. The fraction of sp³-hybridized carbons (Fsp3) is 0.360. The molecule has 2 aromatic carbocycles. The number of para-hydroxylation sites is 1. The van der Waals surface area contributed by atoms with Crippen LogP contribution in [0.25, 0.3) is 16.7 Å². The average Bonchev–Trinajstić information content (AvgIpc) is 3.56. The Morgan fingerprint density at radius 3 is 2.65 bits per heavy atom. The van der Waals surface area contributed by atoms with Gasteiger partial charge < -0.3 is 5.32 Å². The summed E-state index contributed by atoms with van der Waals surface area (Å²) in [5.41, 5.74) is 1.29. The Labute approximate surface area is 200 Å². The van der Waals surface area contributed by atoms with Crippen molar-refractivity contribution in [1.29, 1.82) is 0 Å². The molecule has 1 unspecified atom stereocenters. The number of fused-ring (bicyclic) bond motifs is 3. The fourth-order valence-electron chi connectivity index (χ4n) is 4.05. The van der Waals surface area contributed by atoms with Crippen molar-refractivity contribution in [3.8, 4) is 0 Å². The molecule has 0 saturated heterocycles. The second-order valence-corrected chi connectivity index (χ2v) is 9.70. The summed E-state index contributed by atoms with van der Waals surface area (Å²) in [6.07, 6.45) is 4.85. The predicted octanol–water partition coefficient (Wildman–Crippen LogP) is 4.49. The molecule has 176 valence electrons. The monoisotopic (exact) mass is 479 g/mol. The molecule has 1 fully saturated rings. The van der Waals surface area contributed by atoms with E-state index in [2.05, 4.69) is 22.4 Å². The van der Waals surface area contributed by atoms with E-state index in [0.717, 1.165) is 32.1 Å². The molecule has 1 atom stereocenters. The van der Waals surface area contributed by atoms with E-state index in [9.17, 15) is 14.0 Å².